The molecule has 0 N–H and O–H groups in total. The number of alkyl halides is 3. The Balaban J connectivity index is 1.40. The van der Waals surface area contributed by atoms with Crippen LogP contribution in [0.3, 0.4) is 0 Å². The molecule has 6 nitrogen and oxygen atoms in total. The van der Waals surface area contributed by atoms with Crippen molar-refractivity contribution >= 4 is 5.91 Å². The number of morpholine rings is 1. The van der Waals surface area contributed by atoms with Gasteiger partial charge in [0.2, 0.25) is 0 Å². The summed E-state index contributed by atoms with van der Waals surface area (Å²) in [5, 5.41) is 0. The SMILES string of the molecule is COC(C)(C)COc1ccc(C(=O)N2CCC3(CC2)CN(CC(F)(F)F)CC(c2ccccc2)O3)cc1. The van der Waals surface area contributed by atoms with Crippen molar-refractivity contribution in [3.8, 4) is 5.75 Å². The van der Waals surface area contributed by atoms with E-state index in [1.807, 2.05) is 44.2 Å². The number of carbonyl (C=O) groups excluding carboxylic acids is 1. The number of likely N-dealkylation sites (tertiary alicyclic amines) is 1. The number of amides is 1. The van der Waals surface area contributed by atoms with Crippen molar-refractivity contribution < 1.29 is 32.2 Å². The highest BCUT2D eigenvalue weighted by Crippen LogP contribution is 2.39. The van der Waals surface area contributed by atoms with Crippen molar-refractivity contribution in [2.75, 3.05) is 46.4 Å². The van der Waals surface area contributed by atoms with E-state index in [1.165, 1.54) is 4.90 Å². The lowest BCUT2D eigenvalue weighted by atomic mass is 9.87. The van der Waals surface area contributed by atoms with E-state index in [4.69, 9.17) is 14.2 Å². The van der Waals surface area contributed by atoms with Crippen LogP contribution < -0.4 is 4.74 Å². The number of rotatable bonds is 7. The Morgan fingerprint density at radius 2 is 1.70 bits per heavy atom. The molecular weight excluding hydrogens is 485 g/mol. The van der Waals surface area contributed by atoms with Gasteiger partial charge in [0.25, 0.3) is 5.91 Å². The predicted molar refractivity (Wildman–Crippen MR) is 134 cm³/mol. The zero-order chi connectivity index (χ0) is 26.7. The molecule has 2 aliphatic rings. The number of halogens is 3. The second-order valence-corrected chi connectivity index (χ2v) is 10.6. The first-order valence-electron chi connectivity index (χ1n) is 12.6. The van der Waals surface area contributed by atoms with Gasteiger partial charge in [0.05, 0.1) is 23.9 Å². The predicted octanol–water partition coefficient (Wildman–Crippen LogP) is 5.10. The zero-order valence-electron chi connectivity index (χ0n) is 21.6. The third-order valence-electron chi connectivity index (χ3n) is 7.10. The monoisotopic (exact) mass is 520 g/mol. The molecule has 2 aromatic carbocycles. The second kappa shape index (κ2) is 11.0. The van der Waals surface area contributed by atoms with Crippen LogP contribution in [0.2, 0.25) is 0 Å². The first-order valence-corrected chi connectivity index (χ1v) is 12.6. The minimum absolute atomic E-state index is 0.110. The number of carbonyl (C=O) groups is 1. The number of methoxy groups -OCH3 is 1. The Bertz CT molecular complexity index is 1040. The van der Waals surface area contributed by atoms with E-state index in [-0.39, 0.29) is 19.0 Å². The molecular formula is C28H35F3N2O4. The summed E-state index contributed by atoms with van der Waals surface area (Å²) >= 11 is 0. The van der Waals surface area contributed by atoms with Crippen molar-refractivity contribution in [1.29, 1.82) is 0 Å². The van der Waals surface area contributed by atoms with E-state index in [9.17, 15) is 18.0 Å². The summed E-state index contributed by atoms with van der Waals surface area (Å²) in [6, 6.07) is 16.4. The van der Waals surface area contributed by atoms with Gasteiger partial charge in [-0.2, -0.15) is 13.2 Å². The maximum absolute atomic E-state index is 13.3. The maximum Gasteiger partial charge on any atom is 0.401 e. The van der Waals surface area contributed by atoms with E-state index in [1.54, 1.807) is 36.3 Å². The third kappa shape index (κ3) is 7.24. The number of hydrogen-bond donors (Lipinski definition) is 0. The van der Waals surface area contributed by atoms with Gasteiger partial charge >= 0.3 is 6.18 Å². The summed E-state index contributed by atoms with van der Waals surface area (Å²) in [6.45, 7) is 4.47. The van der Waals surface area contributed by atoms with Gasteiger partial charge in [0.1, 0.15) is 12.4 Å². The highest BCUT2D eigenvalue weighted by Gasteiger charge is 2.46. The van der Waals surface area contributed by atoms with Crippen LogP contribution in [0.15, 0.2) is 54.6 Å². The molecule has 2 fully saturated rings. The number of nitrogens with zero attached hydrogens (tertiary/aromatic N) is 2. The molecule has 202 valence electrons. The van der Waals surface area contributed by atoms with Gasteiger partial charge in [-0.05, 0) is 56.5 Å². The van der Waals surface area contributed by atoms with Crippen molar-refractivity contribution in [3.05, 3.63) is 65.7 Å². The fraction of sp³-hybridized carbons (Fsp3) is 0.536. The topological polar surface area (TPSA) is 51.2 Å². The van der Waals surface area contributed by atoms with Gasteiger partial charge in [-0.25, -0.2) is 0 Å². The fourth-order valence-electron chi connectivity index (χ4n) is 4.88. The molecule has 0 saturated carbocycles. The van der Waals surface area contributed by atoms with E-state index in [2.05, 4.69) is 0 Å². The normalized spacial score (nSPS) is 20.7. The van der Waals surface area contributed by atoms with Crippen LogP contribution in [-0.4, -0.2) is 79.5 Å². The molecule has 0 bridgehead atoms. The third-order valence-corrected chi connectivity index (χ3v) is 7.10. The van der Waals surface area contributed by atoms with Crippen LogP contribution in [0.5, 0.6) is 5.75 Å². The standard InChI is InChI=1S/C28H35F3N2O4/c1-26(2,35-3)20-36-23-11-9-22(10-12-23)25(34)33-15-13-27(14-16-33)18-32(19-28(29,30)31)17-24(37-27)21-7-5-4-6-8-21/h4-12,24H,13-20H2,1-3H3. The van der Waals surface area contributed by atoms with E-state index < -0.39 is 30.0 Å². The van der Waals surface area contributed by atoms with Crippen molar-refractivity contribution in [3.63, 3.8) is 0 Å². The van der Waals surface area contributed by atoms with E-state index in [0.29, 0.717) is 43.9 Å². The number of ether oxygens (including phenoxy) is 3. The first-order chi connectivity index (χ1) is 17.5. The average molecular weight is 521 g/mol. The highest BCUT2D eigenvalue weighted by molar-refractivity contribution is 5.94. The Labute approximate surface area is 216 Å². The minimum atomic E-state index is -4.29. The molecule has 2 aliphatic heterocycles. The van der Waals surface area contributed by atoms with Crippen LogP contribution >= 0.6 is 0 Å². The first kappa shape index (κ1) is 27.4. The molecule has 4 rings (SSSR count). The van der Waals surface area contributed by atoms with Gasteiger partial charge in [-0.3, -0.25) is 9.69 Å². The van der Waals surface area contributed by atoms with Gasteiger partial charge < -0.3 is 19.1 Å². The lowest BCUT2D eigenvalue weighted by Gasteiger charge is -2.50. The summed E-state index contributed by atoms with van der Waals surface area (Å²) in [4.78, 5) is 16.3. The molecule has 1 spiro atoms. The van der Waals surface area contributed by atoms with Crippen LogP contribution in [-0.2, 0) is 9.47 Å². The largest absolute Gasteiger partial charge is 0.491 e. The highest BCUT2D eigenvalue weighted by atomic mass is 19.4. The molecule has 0 aromatic heterocycles. The second-order valence-electron chi connectivity index (χ2n) is 10.6. The van der Waals surface area contributed by atoms with Crippen molar-refractivity contribution in [2.24, 2.45) is 0 Å². The summed E-state index contributed by atoms with van der Waals surface area (Å²) in [7, 11) is 1.63. The quantitative estimate of drug-likeness (QED) is 0.509. The Hall–Kier alpha value is -2.62. The molecule has 2 aromatic rings. The summed E-state index contributed by atoms with van der Waals surface area (Å²) in [5.74, 6) is 0.535. The average Bonchev–Trinajstić information content (AvgIpc) is 2.87. The molecule has 2 saturated heterocycles. The van der Waals surface area contributed by atoms with Crippen molar-refractivity contribution in [2.45, 2.75) is 50.2 Å². The molecule has 1 amide bonds. The molecule has 0 radical (unpaired) electrons. The minimum Gasteiger partial charge on any atom is -0.491 e. The van der Waals surface area contributed by atoms with Crippen LogP contribution in [0.4, 0.5) is 13.2 Å². The Morgan fingerprint density at radius 3 is 2.30 bits per heavy atom. The summed E-state index contributed by atoms with van der Waals surface area (Å²) in [5.41, 5.74) is 0.254. The van der Waals surface area contributed by atoms with Gasteiger partial charge in [0.15, 0.2) is 0 Å². The smallest absolute Gasteiger partial charge is 0.401 e. The summed E-state index contributed by atoms with van der Waals surface area (Å²) in [6.07, 6.45) is -3.78. The lowest BCUT2D eigenvalue weighted by molar-refractivity contribution is -0.205. The molecule has 1 unspecified atom stereocenters. The van der Waals surface area contributed by atoms with Crippen molar-refractivity contribution in [1.82, 2.24) is 9.80 Å². The fourth-order valence-corrected chi connectivity index (χ4v) is 4.88. The van der Waals surface area contributed by atoms with E-state index in [0.717, 1.165) is 5.56 Å². The number of benzene rings is 2. The number of hydrogen-bond acceptors (Lipinski definition) is 5. The maximum atomic E-state index is 13.3. The van der Waals surface area contributed by atoms with E-state index >= 15 is 0 Å². The van der Waals surface area contributed by atoms with Gasteiger partial charge in [-0.1, -0.05) is 30.3 Å². The zero-order valence-corrected chi connectivity index (χ0v) is 21.6. The van der Waals surface area contributed by atoms with Crippen LogP contribution in [0.25, 0.3) is 0 Å². The molecule has 1 atom stereocenters. The molecule has 9 heteroatoms. The molecule has 2 heterocycles. The summed E-state index contributed by atoms with van der Waals surface area (Å²) < 4.78 is 57.4. The molecule has 37 heavy (non-hydrogen) atoms. The lowest BCUT2D eigenvalue weighted by Crippen LogP contribution is -2.59. The van der Waals surface area contributed by atoms with Gasteiger partial charge in [0, 0.05) is 38.9 Å². The Morgan fingerprint density at radius 1 is 1.05 bits per heavy atom. The van der Waals surface area contributed by atoms with Crippen LogP contribution in [0, 0.1) is 0 Å². The van der Waals surface area contributed by atoms with Gasteiger partial charge in [-0.15, -0.1) is 0 Å². The number of piperidine rings is 1. The van der Waals surface area contributed by atoms with Crippen LogP contribution in [0.1, 0.15) is 48.7 Å². The molecule has 0 aliphatic carbocycles. The Kier molecular flexibility index (Phi) is 8.16.